The molecule has 0 N–H and O–H groups in total. The van der Waals surface area contributed by atoms with Gasteiger partial charge in [-0.05, 0) is 17.4 Å². The van der Waals surface area contributed by atoms with E-state index >= 15 is 0 Å². The van der Waals surface area contributed by atoms with Crippen LogP contribution in [0.15, 0.2) is 11.4 Å². The minimum Gasteiger partial charge on any atom is -0.236 e. The van der Waals surface area contributed by atoms with Crippen LogP contribution in [0.5, 0.6) is 0 Å². The van der Waals surface area contributed by atoms with Gasteiger partial charge in [-0.25, -0.2) is 9.97 Å². The van der Waals surface area contributed by atoms with Crippen LogP contribution in [-0.4, -0.2) is 9.97 Å². The molecule has 0 atom stereocenters. The molecule has 2 aromatic rings. The highest BCUT2D eigenvalue weighted by Crippen LogP contribution is 2.27. The Labute approximate surface area is 88.0 Å². The van der Waals surface area contributed by atoms with Crippen LogP contribution >= 0.6 is 11.3 Å². The van der Waals surface area contributed by atoms with Gasteiger partial charge in [-0.15, -0.1) is 11.3 Å². The largest absolute Gasteiger partial charge is 0.236 e. The first kappa shape index (κ1) is 9.59. The van der Waals surface area contributed by atoms with E-state index in [1.807, 2.05) is 0 Å². The molecule has 0 radical (unpaired) electrons. The van der Waals surface area contributed by atoms with E-state index in [9.17, 15) is 0 Å². The Bertz CT molecular complexity index is 445. The van der Waals surface area contributed by atoms with Crippen LogP contribution in [0.2, 0.25) is 0 Å². The molecule has 14 heavy (non-hydrogen) atoms. The molecule has 0 spiro atoms. The van der Waals surface area contributed by atoms with Crippen LogP contribution in [0.1, 0.15) is 38.2 Å². The van der Waals surface area contributed by atoms with Gasteiger partial charge in [-0.3, -0.25) is 0 Å². The molecule has 2 nitrogen and oxygen atoms in total. The van der Waals surface area contributed by atoms with Crippen LogP contribution < -0.4 is 0 Å². The quantitative estimate of drug-likeness (QED) is 0.752. The van der Waals surface area contributed by atoms with Crippen LogP contribution in [0.4, 0.5) is 0 Å². The minimum absolute atomic E-state index is 0.476. The molecule has 0 aliphatic rings. The molecule has 3 heteroatoms. The standard InChI is InChI=1S/C11H14N2S/c1-4-9-12-8-5-6-14-11(8)10(13-9)7(2)3/h5-7H,4H2,1-3H3. The zero-order chi connectivity index (χ0) is 10.1. The van der Waals surface area contributed by atoms with Crippen LogP contribution in [0.25, 0.3) is 10.2 Å². The summed E-state index contributed by atoms with van der Waals surface area (Å²) in [6.45, 7) is 6.46. The van der Waals surface area contributed by atoms with Gasteiger partial charge in [0, 0.05) is 6.42 Å². The fourth-order valence-corrected chi connectivity index (χ4v) is 2.46. The lowest BCUT2D eigenvalue weighted by Crippen LogP contribution is -2.00. The van der Waals surface area contributed by atoms with Crippen molar-refractivity contribution >= 4 is 21.6 Å². The van der Waals surface area contributed by atoms with E-state index in [1.54, 1.807) is 11.3 Å². The Morgan fingerprint density at radius 2 is 2.14 bits per heavy atom. The first-order chi connectivity index (χ1) is 6.72. The minimum atomic E-state index is 0.476. The van der Waals surface area contributed by atoms with Gasteiger partial charge >= 0.3 is 0 Å². The molecule has 0 aliphatic heterocycles. The molecule has 2 aromatic heterocycles. The summed E-state index contributed by atoms with van der Waals surface area (Å²) in [4.78, 5) is 9.09. The third kappa shape index (κ3) is 1.52. The third-order valence-corrected chi connectivity index (χ3v) is 3.17. The number of hydrogen-bond donors (Lipinski definition) is 0. The van der Waals surface area contributed by atoms with Gasteiger partial charge in [0.05, 0.1) is 15.9 Å². The van der Waals surface area contributed by atoms with Crippen LogP contribution in [0.3, 0.4) is 0 Å². The first-order valence-electron chi connectivity index (χ1n) is 4.96. The van der Waals surface area contributed by atoms with Crippen molar-refractivity contribution in [2.24, 2.45) is 0 Å². The van der Waals surface area contributed by atoms with Crippen molar-refractivity contribution in [2.45, 2.75) is 33.1 Å². The van der Waals surface area contributed by atoms with Gasteiger partial charge in [-0.2, -0.15) is 0 Å². The lowest BCUT2D eigenvalue weighted by Gasteiger charge is -2.07. The molecule has 2 rings (SSSR count). The summed E-state index contributed by atoms with van der Waals surface area (Å²) >= 11 is 1.74. The summed E-state index contributed by atoms with van der Waals surface area (Å²) in [6, 6.07) is 2.08. The molecule has 0 unspecified atom stereocenters. The van der Waals surface area contributed by atoms with Crippen molar-refractivity contribution in [3.05, 3.63) is 23.0 Å². The molecule has 2 heterocycles. The predicted octanol–water partition coefficient (Wildman–Crippen LogP) is 3.38. The molecule has 74 valence electrons. The SMILES string of the molecule is CCc1nc(C(C)C)c2sccc2n1. The number of nitrogens with zero attached hydrogens (tertiary/aromatic N) is 2. The van der Waals surface area contributed by atoms with Gasteiger partial charge in [0.2, 0.25) is 0 Å². The summed E-state index contributed by atoms with van der Waals surface area (Å²) in [5.74, 6) is 1.43. The summed E-state index contributed by atoms with van der Waals surface area (Å²) in [7, 11) is 0. The smallest absolute Gasteiger partial charge is 0.129 e. The topological polar surface area (TPSA) is 25.8 Å². The predicted molar refractivity (Wildman–Crippen MR) is 60.9 cm³/mol. The molecule has 0 saturated carbocycles. The Kier molecular flexibility index (Phi) is 2.50. The highest BCUT2D eigenvalue weighted by atomic mass is 32.1. The Morgan fingerprint density at radius 1 is 1.36 bits per heavy atom. The van der Waals surface area contributed by atoms with Gasteiger partial charge in [0.25, 0.3) is 0 Å². The van der Waals surface area contributed by atoms with Crippen molar-refractivity contribution in [1.82, 2.24) is 9.97 Å². The third-order valence-electron chi connectivity index (χ3n) is 2.24. The first-order valence-corrected chi connectivity index (χ1v) is 5.84. The second kappa shape index (κ2) is 3.65. The average molecular weight is 206 g/mol. The second-order valence-electron chi connectivity index (χ2n) is 3.67. The fraction of sp³-hybridized carbons (Fsp3) is 0.455. The lowest BCUT2D eigenvalue weighted by atomic mass is 10.1. The van der Waals surface area contributed by atoms with Crippen LogP contribution in [-0.2, 0) is 6.42 Å². The van der Waals surface area contributed by atoms with Crippen molar-refractivity contribution < 1.29 is 0 Å². The van der Waals surface area contributed by atoms with E-state index in [0.717, 1.165) is 17.8 Å². The van der Waals surface area contributed by atoms with Gasteiger partial charge in [0.15, 0.2) is 0 Å². The normalized spacial score (nSPS) is 11.4. The molecule has 0 aromatic carbocycles. The van der Waals surface area contributed by atoms with Crippen molar-refractivity contribution in [1.29, 1.82) is 0 Å². The summed E-state index contributed by atoms with van der Waals surface area (Å²) in [5, 5.41) is 2.09. The Morgan fingerprint density at radius 3 is 2.79 bits per heavy atom. The number of aryl methyl sites for hydroxylation is 1. The fourth-order valence-electron chi connectivity index (χ4n) is 1.49. The maximum Gasteiger partial charge on any atom is 0.129 e. The molecule has 0 aliphatic carbocycles. The zero-order valence-corrected chi connectivity index (χ0v) is 9.56. The number of fused-ring (bicyclic) bond motifs is 1. The molecule has 0 saturated heterocycles. The van der Waals surface area contributed by atoms with E-state index in [2.05, 4.69) is 42.2 Å². The van der Waals surface area contributed by atoms with Crippen molar-refractivity contribution in [2.75, 3.05) is 0 Å². The number of thiophene rings is 1. The zero-order valence-electron chi connectivity index (χ0n) is 8.74. The maximum atomic E-state index is 4.59. The molecule has 0 amide bonds. The van der Waals surface area contributed by atoms with E-state index in [1.165, 1.54) is 10.4 Å². The number of hydrogen-bond acceptors (Lipinski definition) is 3. The highest BCUT2D eigenvalue weighted by molar-refractivity contribution is 7.17. The average Bonchev–Trinajstić information content (AvgIpc) is 2.63. The van der Waals surface area contributed by atoms with Gasteiger partial charge < -0.3 is 0 Å². The van der Waals surface area contributed by atoms with Crippen LogP contribution in [0, 0.1) is 0 Å². The number of rotatable bonds is 2. The summed E-state index contributed by atoms with van der Waals surface area (Å²) < 4.78 is 1.25. The van der Waals surface area contributed by atoms with Gasteiger partial charge in [0.1, 0.15) is 5.82 Å². The summed E-state index contributed by atoms with van der Waals surface area (Å²) in [5.41, 5.74) is 2.30. The van der Waals surface area contributed by atoms with Crippen molar-refractivity contribution in [3.63, 3.8) is 0 Å². The highest BCUT2D eigenvalue weighted by Gasteiger charge is 2.10. The monoisotopic (exact) mass is 206 g/mol. The maximum absolute atomic E-state index is 4.59. The Hall–Kier alpha value is -0.960. The van der Waals surface area contributed by atoms with Gasteiger partial charge in [-0.1, -0.05) is 20.8 Å². The van der Waals surface area contributed by atoms with Crippen molar-refractivity contribution in [3.8, 4) is 0 Å². The molecule has 0 fully saturated rings. The Balaban J connectivity index is 2.70. The van der Waals surface area contributed by atoms with E-state index in [0.29, 0.717) is 5.92 Å². The summed E-state index contributed by atoms with van der Waals surface area (Å²) in [6.07, 6.45) is 0.908. The molecular formula is C11H14N2S. The second-order valence-corrected chi connectivity index (χ2v) is 4.58. The molecule has 0 bridgehead atoms. The number of aromatic nitrogens is 2. The lowest BCUT2D eigenvalue weighted by molar-refractivity contribution is 0.806. The van der Waals surface area contributed by atoms with E-state index < -0.39 is 0 Å². The van der Waals surface area contributed by atoms with E-state index in [4.69, 9.17) is 0 Å². The van der Waals surface area contributed by atoms with E-state index in [-0.39, 0.29) is 0 Å². The molecular weight excluding hydrogens is 192 g/mol.